The molecule has 0 saturated carbocycles. The van der Waals surface area contributed by atoms with E-state index in [-0.39, 0.29) is 4.47 Å². The first-order valence-electron chi connectivity index (χ1n) is 3.67. The number of rotatable bonds is 1. The van der Waals surface area contributed by atoms with Crippen molar-refractivity contribution in [3.05, 3.63) is 28.2 Å². The van der Waals surface area contributed by atoms with Gasteiger partial charge < -0.3 is 0 Å². The highest BCUT2D eigenvalue weighted by molar-refractivity contribution is 9.10. The zero-order valence-corrected chi connectivity index (χ0v) is 9.59. The predicted octanol–water partition coefficient (Wildman–Crippen LogP) is 4.56. The average molecular weight is 322 g/mol. The van der Waals surface area contributed by atoms with Crippen molar-refractivity contribution in [1.82, 2.24) is 0 Å². The maximum absolute atomic E-state index is 13.0. The van der Waals surface area contributed by atoms with Gasteiger partial charge >= 0.3 is 6.18 Å². The Bertz CT molecular complexity index is 443. The molecule has 0 fully saturated rings. The van der Waals surface area contributed by atoms with E-state index in [0.717, 1.165) is 0 Å². The van der Waals surface area contributed by atoms with E-state index in [0.29, 0.717) is 12.1 Å². The topological polar surface area (TPSA) is 12.4 Å². The van der Waals surface area contributed by atoms with Crippen molar-refractivity contribution in [1.29, 1.82) is 0 Å². The van der Waals surface area contributed by atoms with E-state index in [4.69, 9.17) is 11.6 Å². The molecule has 0 unspecified atom stereocenters. The van der Waals surface area contributed by atoms with Crippen LogP contribution >= 0.6 is 27.5 Å². The van der Waals surface area contributed by atoms with Gasteiger partial charge in [-0.25, -0.2) is 13.8 Å². The maximum Gasteiger partial charge on any atom is 0.444 e. The Morgan fingerprint density at radius 2 is 1.75 bits per heavy atom. The van der Waals surface area contributed by atoms with Gasteiger partial charge in [0, 0.05) is 6.07 Å². The van der Waals surface area contributed by atoms with Gasteiger partial charge in [-0.2, -0.15) is 13.2 Å². The van der Waals surface area contributed by atoms with Crippen molar-refractivity contribution in [3.8, 4) is 0 Å². The van der Waals surface area contributed by atoms with Crippen LogP contribution in [0.5, 0.6) is 0 Å². The van der Waals surface area contributed by atoms with Crippen molar-refractivity contribution in [2.75, 3.05) is 0 Å². The third kappa shape index (κ3) is 3.15. The van der Waals surface area contributed by atoms with E-state index in [1.807, 2.05) is 0 Å². The summed E-state index contributed by atoms with van der Waals surface area (Å²) in [6.07, 6.45) is -4.89. The van der Waals surface area contributed by atoms with Crippen LogP contribution in [0.15, 0.2) is 21.6 Å². The Kier molecular flexibility index (Phi) is 3.90. The highest BCUT2D eigenvalue weighted by Crippen LogP contribution is 2.28. The molecule has 0 saturated heterocycles. The molecule has 0 N–H and O–H groups in total. The van der Waals surface area contributed by atoms with E-state index < -0.39 is 28.7 Å². The summed E-state index contributed by atoms with van der Waals surface area (Å²) in [6, 6.07) is 1.17. The number of nitrogens with zero attached hydrogens (tertiary/aromatic N) is 1. The van der Waals surface area contributed by atoms with Crippen molar-refractivity contribution in [2.45, 2.75) is 6.18 Å². The van der Waals surface area contributed by atoms with Gasteiger partial charge in [0.1, 0.15) is 17.3 Å². The summed E-state index contributed by atoms with van der Waals surface area (Å²) in [6.45, 7) is 0. The van der Waals surface area contributed by atoms with E-state index in [1.165, 1.54) is 0 Å². The van der Waals surface area contributed by atoms with Gasteiger partial charge in [0.15, 0.2) is 0 Å². The molecule has 8 heteroatoms. The minimum atomic E-state index is -4.89. The lowest BCUT2D eigenvalue weighted by molar-refractivity contribution is -0.0558. The number of aliphatic imine (C=N–C) groups is 1. The van der Waals surface area contributed by atoms with E-state index in [1.54, 1.807) is 0 Å². The molecule has 16 heavy (non-hydrogen) atoms. The second kappa shape index (κ2) is 4.67. The smallest absolute Gasteiger partial charge is 0.229 e. The van der Waals surface area contributed by atoms with E-state index in [9.17, 15) is 22.0 Å². The van der Waals surface area contributed by atoms with Gasteiger partial charge in [-0.3, -0.25) is 0 Å². The standard InChI is InChI=1S/C8H2BrClF5N/c9-3-1-5(12)6(2-4(3)11)16-7(10)8(13,14)15/h1-2H. The summed E-state index contributed by atoms with van der Waals surface area (Å²) in [4.78, 5) is 2.75. The van der Waals surface area contributed by atoms with E-state index >= 15 is 0 Å². The van der Waals surface area contributed by atoms with Crippen molar-refractivity contribution in [2.24, 2.45) is 4.99 Å². The fourth-order valence-corrected chi connectivity index (χ4v) is 1.17. The Morgan fingerprint density at radius 3 is 2.25 bits per heavy atom. The van der Waals surface area contributed by atoms with E-state index in [2.05, 4.69) is 20.9 Å². The first-order chi connectivity index (χ1) is 7.21. The second-order valence-electron chi connectivity index (χ2n) is 2.62. The lowest BCUT2D eigenvalue weighted by atomic mass is 10.3. The zero-order valence-electron chi connectivity index (χ0n) is 7.25. The van der Waals surface area contributed by atoms with Crippen LogP contribution in [0.25, 0.3) is 0 Å². The third-order valence-corrected chi connectivity index (χ3v) is 2.35. The Balaban J connectivity index is 3.21. The van der Waals surface area contributed by atoms with Crippen molar-refractivity contribution >= 4 is 38.4 Å². The van der Waals surface area contributed by atoms with Crippen LogP contribution in [0, 0.1) is 11.6 Å². The fraction of sp³-hybridized carbons (Fsp3) is 0.125. The number of alkyl halides is 3. The molecule has 1 nitrogen and oxygen atoms in total. The molecule has 0 bridgehead atoms. The summed E-state index contributed by atoms with van der Waals surface area (Å²) in [5.41, 5.74) is -0.817. The SMILES string of the molecule is Fc1cc(N=C(Cl)C(F)(F)F)c(F)cc1Br. The summed E-state index contributed by atoms with van der Waals surface area (Å²) >= 11 is 7.45. The molecule has 0 aliphatic heterocycles. The van der Waals surface area contributed by atoms with Crippen LogP contribution in [0.1, 0.15) is 0 Å². The first kappa shape index (κ1) is 13.4. The lowest BCUT2D eigenvalue weighted by Gasteiger charge is -2.04. The highest BCUT2D eigenvalue weighted by atomic mass is 79.9. The molecule has 0 aliphatic carbocycles. The monoisotopic (exact) mass is 321 g/mol. The Hall–Kier alpha value is -0.690. The van der Waals surface area contributed by atoms with Crippen LogP contribution in [0.3, 0.4) is 0 Å². The molecular weight excluding hydrogens is 320 g/mol. The lowest BCUT2D eigenvalue weighted by Crippen LogP contribution is -2.16. The molecule has 0 heterocycles. The van der Waals surface area contributed by atoms with Gasteiger partial charge in [0.05, 0.1) is 4.47 Å². The molecule has 0 atom stereocenters. The quantitative estimate of drug-likeness (QED) is 0.408. The summed E-state index contributed by atoms with van der Waals surface area (Å²) in [7, 11) is 0. The van der Waals surface area contributed by atoms with Gasteiger partial charge in [-0.15, -0.1) is 0 Å². The number of benzene rings is 1. The molecule has 0 aliphatic rings. The fourth-order valence-electron chi connectivity index (χ4n) is 0.767. The minimum Gasteiger partial charge on any atom is -0.229 e. The summed E-state index contributed by atoms with van der Waals surface area (Å²) in [5.74, 6) is -2.05. The van der Waals surface area contributed by atoms with Gasteiger partial charge in [-0.1, -0.05) is 11.6 Å². The number of hydrogen-bond acceptors (Lipinski definition) is 1. The Labute approximate surface area is 100 Å². The Morgan fingerprint density at radius 1 is 1.19 bits per heavy atom. The van der Waals surface area contributed by atoms with Crippen LogP contribution in [0.4, 0.5) is 27.6 Å². The largest absolute Gasteiger partial charge is 0.444 e. The average Bonchev–Trinajstić information content (AvgIpc) is 2.12. The highest BCUT2D eigenvalue weighted by Gasteiger charge is 2.34. The number of halogens is 7. The van der Waals surface area contributed by atoms with Crippen molar-refractivity contribution < 1.29 is 22.0 Å². The molecule has 1 aromatic rings. The molecule has 0 aromatic heterocycles. The predicted molar refractivity (Wildman–Crippen MR) is 53.1 cm³/mol. The molecule has 1 aromatic carbocycles. The molecule has 0 spiro atoms. The molecule has 0 amide bonds. The third-order valence-electron chi connectivity index (χ3n) is 1.44. The molecule has 88 valence electrons. The van der Waals surface area contributed by atoms with Crippen LogP contribution in [0.2, 0.25) is 0 Å². The first-order valence-corrected chi connectivity index (χ1v) is 4.85. The van der Waals surface area contributed by atoms with Crippen molar-refractivity contribution in [3.63, 3.8) is 0 Å². The van der Waals surface area contributed by atoms with Gasteiger partial charge in [0.25, 0.3) is 0 Å². The normalized spacial score (nSPS) is 13.1. The van der Waals surface area contributed by atoms with Gasteiger partial charge in [0.2, 0.25) is 5.17 Å². The molecular formula is C8H2BrClF5N. The second-order valence-corrected chi connectivity index (χ2v) is 3.83. The molecule has 0 radical (unpaired) electrons. The maximum atomic E-state index is 13.0. The van der Waals surface area contributed by atoms with Crippen LogP contribution in [-0.2, 0) is 0 Å². The van der Waals surface area contributed by atoms with Crippen LogP contribution in [-0.4, -0.2) is 11.3 Å². The zero-order chi connectivity index (χ0) is 12.5. The number of hydrogen-bond donors (Lipinski definition) is 0. The molecule has 1 rings (SSSR count). The van der Waals surface area contributed by atoms with Gasteiger partial charge in [-0.05, 0) is 22.0 Å². The van der Waals surface area contributed by atoms with Crippen LogP contribution < -0.4 is 0 Å². The summed E-state index contributed by atoms with van der Waals surface area (Å²) in [5, 5.41) is -1.77. The minimum absolute atomic E-state index is 0.216. The summed E-state index contributed by atoms with van der Waals surface area (Å²) < 4.78 is 61.6.